The average molecular weight is 254 g/mol. The van der Waals surface area contributed by atoms with Crippen molar-refractivity contribution in [1.29, 1.82) is 0 Å². The molecular formula is C12H15FN2O3. The molecule has 6 heteroatoms. The van der Waals surface area contributed by atoms with Gasteiger partial charge in [-0.1, -0.05) is 6.07 Å². The lowest BCUT2D eigenvalue weighted by atomic mass is 10.3. The van der Waals surface area contributed by atoms with Crippen molar-refractivity contribution in [2.45, 2.75) is 13.0 Å². The molecule has 0 saturated heterocycles. The van der Waals surface area contributed by atoms with Crippen LogP contribution in [-0.4, -0.2) is 42.1 Å². The van der Waals surface area contributed by atoms with Gasteiger partial charge < -0.3 is 10.0 Å². The lowest BCUT2D eigenvalue weighted by molar-refractivity contribution is -0.141. The maximum atomic E-state index is 13.0. The molecule has 0 aliphatic carbocycles. The Hall–Kier alpha value is -2.11. The van der Waals surface area contributed by atoms with Crippen LogP contribution in [0.3, 0.4) is 0 Å². The summed E-state index contributed by atoms with van der Waals surface area (Å²) >= 11 is 0. The zero-order valence-corrected chi connectivity index (χ0v) is 10.4. The van der Waals surface area contributed by atoms with Gasteiger partial charge in [0.1, 0.15) is 11.9 Å². The number of carboxylic acids is 1. The number of carboxylic acid groups (broad SMARTS) is 1. The van der Waals surface area contributed by atoms with Gasteiger partial charge in [-0.05, 0) is 25.1 Å². The minimum absolute atomic E-state index is 0.365. The maximum Gasteiger partial charge on any atom is 0.326 e. The summed E-state index contributed by atoms with van der Waals surface area (Å²) in [5.74, 6) is -1.56. The second kappa shape index (κ2) is 5.48. The number of carbonyl (C=O) groups is 2. The smallest absolute Gasteiger partial charge is 0.326 e. The summed E-state index contributed by atoms with van der Waals surface area (Å²) in [5.41, 5.74) is 0.365. The molecule has 18 heavy (non-hydrogen) atoms. The van der Waals surface area contributed by atoms with Crippen LogP contribution in [0, 0.1) is 5.82 Å². The Morgan fingerprint density at radius 1 is 1.33 bits per heavy atom. The third kappa shape index (κ3) is 2.97. The third-order valence-electron chi connectivity index (χ3n) is 2.72. The Kier molecular flexibility index (Phi) is 4.25. The van der Waals surface area contributed by atoms with Crippen molar-refractivity contribution in [3.05, 3.63) is 30.1 Å². The van der Waals surface area contributed by atoms with E-state index in [0.29, 0.717) is 5.69 Å². The van der Waals surface area contributed by atoms with E-state index in [9.17, 15) is 14.0 Å². The molecule has 5 nitrogen and oxygen atoms in total. The van der Waals surface area contributed by atoms with Gasteiger partial charge in [0.25, 0.3) is 0 Å². The topological polar surface area (TPSA) is 60.9 Å². The molecule has 0 bridgehead atoms. The fourth-order valence-electron chi connectivity index (χ4n) is 1.36. The number of hydrogen-bond acceptors (Lipinski definition) is 2. The number of likely N-dealkylation sites (N-methyl/N-ethyl adjacent to an activating group) is 1. The van der Waals surface area contributed by atoms with E-state index in [1.807, 2.05) is 0 Å². The molecule has 0 aliphatic heterocycles. The van der Waals surface area contributed by atoms with E-state index in [-0.39, 0.29) is 0 Å². The lowest BCUT2D eigenvalue weighted by Crippen LogP contribution is -2.46. The van der Waals surface area contributed by atoms with E-state index in [1.165, 1.54) is 44.1 Å². The van der Waals surface area contributed by atoms with Crippen LogP contribution in [0.15, 0.2) is 24.3 Å². The quantitative estimate of drug-likeness (QED) is 0.894. The summed E-state index contributed by atoms with van der Waals surface area (Å²) in [6.07, 6.45) is 0. The number of halogens is 1. The highest BCUT2D eigenvalue weighted by atomic mass is 19.1. The summed E-state index contributed by atoms with van der Waals surface area (Å²) < 4.78 is 13.0. The van der Waals surface area contributed by atoms with Crippen molar-refractivity contribution >= 4 is 17.7 Å². The predicted octanol–water partition coefficient (Wildman–Crippen LogP) is 1.79. The van der Waals surface area contributed by atoms with Crippen molar-refractivity contribution in [1.82, 2.24) is 4.90 Å². The van der Waals surface area contributed by atoms with Crippen LogP contribution in [0.25, 0.3) is 0 Å². The Morgan fingerprint density at radius 3 is 2.44 bits per heavy atom. The third-order valence-corrected chi connectivity index (χ3v) is 2.72. The van der Waals surface area contributed by atoms with E-state index in [0.717, 1.165) is 4.90 Å². The molecule has 2 amide bonds. The number of urea groups is 1. The normalized spacial score (nSPS) is 11.8. The highest BCUT2D eigenvalue weighted by Gasteiger charge is 2.24. The number of hydrogen-bond donors (Lipinski definition) is 1. The number of aliphatic carboxylic acids is 1. The molecule has 0 heterocycles. The summed E-state index contributed by atoms with van der Waals surface area (Å²) in [6, 6.07) is 4.06. The number of nitrogens with zero attached hydrogens (tertiary/aromatic N) is 2. The lowest BCUT2D eigenvalue weighted by Gasteiger charge is -2.27. The van der Waals surface area contributed by atoms with Crippen LogP contribution in [0.5, 0.6) is 0 Å². The monoisotopic (exact) mass is 254 g/mol. The number of rotatable bonds is 3. The van der Waals surface area contributed by atoms with Crippen LogP contribution in [-0.2, 0) is 4.79 Å². The molecule has 0 spiro atoms. The van der Waals surface area contributed by atoms with E-state index >= 15 is 0 Å². The highest BCUT2D eigenvalue weighted by molar-refractivity contribution is 5.93. The second-order valence-electron chi connectivity index (χ2n) is 3.95. The SMILES string of the molecule is CC(C(=O)O)N(C)C(=O)N(C)c1cccc(F)c1. The first-order chi connectivity index (χ1) is 8.34. The molecule has 98 valence electrons. The Labute approximate surface area is 104 Å². The molecule has 0 saturated carbocycles. The molecule has 1 atom stereocenters. The first-order valence-corrected chi connectivity index (χ1v) is 5.33. The molecule has 0 aromatic heterocycles. The Bertz CT molecular complexity index is 464. The maximum absolute atomic E-state index is 13.0. The van der Waals surface area contributed by atoms with Crippen molar-refractivity contribution < 1.29 is 19.1 Å². The number of carbonyl (C=O) groups excluding carboxylic acids is 1. The minimum Gasteiger partial charge on any atom is -0.480 e. The summed E-state index contributed by atoms with van der Waals surface area (Å²) in [5, 5.41) is 8.83. The van der Waals surface area contributed by atoms with Crippen molar-refractivity contribution in [2.75, 3.05) is 19.0 Å². The zero-order valence-electron chi connectivity index (χ0n) is 10.4. The number of amides is 2. The molecule has 0 aliphatic rings. The first kappa shape index (κ1) is 14.0. The fourth-order valence-corrected chi connectivity index (χ4v) is 1.36. The van der Waals surface area contributed by atoms with Crippen LogP contribution in [0.2, 0.25) is 0 Å². The van der Waals surface area contributed by atoms with Crippen LogP contribution < -0.4 is 4.90 Å². The van der Waals surface area contributed by atoms with Crippen molar-refractivity contribution in [2.24, 2.45) is 0 Å². The molecular weight excluding hydrogens is 239 g/mol. The van der Waals surface area contributed by atoms with Gasteiger partial charge >= 0.3 is 12.0 Å². The number of anilines is 1. The van der Waals surface area contributed by atoms with Crippen LogP contribution in [0.4, 0.5) is 14.9 Å². The van der Waals surface area contributed by atoms with Crippen LogP contribution in [0.1, 0.15) is 6.92 Å². The fraction of sp³-hybridized carbons (Fsp3) is 0.333. The van der Waals surface area contributed by atoms with Gasteiger partial charge in [0.15, 0.2) is 0 Å². The molecule has 1 unspecified atom stereocenters. The summed E-state index contributed by atoms with van der Waals surface area (Å²) in [4.78, 5) is 25.0. The van der Waals surface area contributed by atoms with Crippen molar-refractivity contribution in [3.8, 4) is 0 Å². The number of benzene rings is 1. The molecule has 0 radical (unpaired) electrons. The van der Waals surface area contributed by atoms with E-state index in [1.54, 1.807) is 6.07 Å². The van der Waals surface area contributed by atoms with Gasteiger partial charge in [-0.3, -0.25) is 4.90 Å². The zero-order chi connectivity index (χ0) is 13.9. The minimum atomic E-state index is -1.10. The van der Waals surface area contributed by atoms with Gasteiger partial charge in [-0.2, -0.15) is 0 Å². The Balaban J connectivity index is 2.87. The van der Waals surface area contributed by atoms with Crippen LogP contribution >= 0.6 is 0 Å². The predicted molar refractivity (Wildman–Crippen MR) is 65.1 cm³/mol. The second-order valence-corrected chi connectivity index (χ2v) is 3.95. The summed E-state index contributed by atoms with van der Waals surface area (Å²) in [7, 11) is 2.85. The van der Waals surface area contributed by atoms with E-state index < -0.39 is 23.9 Å². The molecule has 1 rings (SSSR count). The van der Waals surface area contributed by atoms with E-state index in [4.69, 9.17) is 5.11 Å². The highest BCUT2D eigenvalue weighted by Crippen LogP contribution is 2.15. The molecule has 1 aromatic rings. The average Bonchev–Trinajstić information content (AvgIpc) is 2.35. The molecule has 0 fully saturated rings. The Morgan fingerprint density at radius 2 is 1.94 bits per heavy atom. The standard InChI is InChI=1S/C12H15FN2O3/c1-8(11(16)17)14(2)12(18)15(3)10-6-4-5-9(13)7-10/h4-8H,1-3H3,(H,16,17). The van der Waals surface area contributed by atoms with E-state index in [2.05, 4.69) is 0 Å². The summed E-state index contributed by atoms with van der Waals surface area (Å²) in [6.45, 7) is 1.40. The molecule has 1 N–H and O–H groups in total. The van der Waals surface area contributed by atoms with Crippen molar-refractivity contribution in [3.63, 3.8) is 0 Å². The van der Waals surface area contributed by atoms with Gasteiger partial charge in [-0.25, -0.2) is 14.0 Å². The first-order valence-electron chi connectivity index (χ1n) is 5.33. The van der Waals surface area contributed by atoms with Gasteiger partial charge in [0.05, 0.1) is 0 Å². The van der Waals surface area contributed by atoms with Gasteiger partial charge in [-0.15, -0.1) is 0 Å². The van der Waals surface area contributed by atoms with Gasteiger partial charge in [0.2, 0.25) is 0 Å². The molecule has 1 aromatic carbocycles. The largest absolute Gasteiger partial charge is 0.480 e. The van der Waals surface area contributed by atoms with Gasteiger partial charge in [0, 0.05) is 19.8 Å².